The molecule has 0 aromatic carbocycles. The number of sulfone groups is 1. The van der Waals surface area contributed by atoms with Gasteiger partial charge >= 0.3 is 0 Å². The molecule has 16 heavy (non-hydrogen) atoms. The molecule has 2 aromatic heterocycles. The minimum atomic E-state index is -3.33. The van der Waals surface area contributed by atoms with E-state index in [4.69, 9.17) is 5.73 Å². The molecule has 2 heterocycles. The summed E-state index contributed by atoms with van der Waals surface area (Å²) in [6.45, 7) is 0.112. The van der Waals surface area contributed by atoms with E-state index in [9.17, 15) is 8.42 Å². The minimum Gasteiger partial charge on any atom is -0.329 e. The monoisotopic (exact) mass is 273 g/mol. The molecule has 0 saturated carbocycles. The summed E-state index contributed by atoms with van der Waals surface area (Å²) >= 11 is 2.66. The van der Waals surface area contributed by atoms with Gasteiger partial charge in [0.15, 0.2) is 9.84 Å². The van der Waals surface area contributed by atoms with Gasteiger partial charge < -0.3 is 5.73 Å². The molecular formula is C10H11NO2S3. The van der Waals surface area contributed by atoms with Gasteiger partial charge in [-0.1, -0.05) is 12.1 Å². The quantitative estimate of drug-likeness (QED) is 0.929. The van der Waals surface area contributed by atoms with E-state index in [0.29, 0.717) is 4.21 Å². The van der Waals surface area contributed by atoms with Crippen molar-refractivity contribution in [2.45, 2.75) is 9.46 Å². The summed E-state index contributed by atoms with van der Waals surface area (Å²) in [6, 6.07) is 7.01. The van der Waals surface area contributed by atoms with Crippen molar-refractivity contribution in [2.24, 2.45) is 5.73 Å². The molecule has 0 aliphatic rings. The molecule has 86 valence electrons. The molecule has 0 bridgehead atoms. The van der Waals surface area contributed by atoms with Crippen molar-refractivity contribution in [3.63, 3.8) is 0 Å². The van der Waals surface area contributed by atoms with Crippen LogP contribution in [0.5, 0.6) is 0 Å². The molecule has 0 radical (unpaired) electrons. The highest BCUT2D eigenvalue weighted by Gasteiger charge is 2.29. The third kappa shape index (κ3) is 2.06. The van der Waals surface area contributed by atoms with Crippen LogP contribution in [0.25, 0.3) is 0 Å². The van der Waals surface area contributed by atoms with Crippen molar-refractivity contribution in [3.8, 4) is 0 Å². The molecule has 0 saturated heterocycles. The molecule has 0 spiro atoms. The highest BCUT2D eigenvalue weighted by Crippen LogP contribution is 2.32. The lowest BCUT2D eigenvalue weighted by Crippen LogP contribution is -2.20. The Bertz CT molecular complexity index is 529. The largest absolute Gasteiger partial charge is 0.329 e. The van der Waals surface area contributed by atoms with Crippen LogP contribution in [-0.2, 0) is 9.84 Å². The van der Waals surface area contributed by atoms with Gasteiger partial charge in [-0.25, -0.2) is 8.42 Å². The molecule has 0 aliphatic carbocycles. The summed E-state index contributed by atoms with van der Waals surface area (Å²) < 4.78 is 24.9. The second-order valence-corrected chi connectivity index (χ2v) is 7.50. The fourth-order valence-electron chi connectivity index (χ4n) is 1.44. The van der Waals surface area contributed by atoms with Gasteiger partial charge in [0.1, 0.15) is 9.46 Å². The lowest BCUT2D eigenvalue weighted by molar-refractivity contribution is 0.585. The average molecular weight is 273 g/mol. The van der Waals surface area contributed by atoms with E-state index in [0.717, 1.165) is 4.88 Å². The highest BCUT2D eigenvalue weighted by molar-refractivity contribution is 7.93. The predicted molar refractivity (Wildman–Crippen MR) is 67.6 cm³/mol. The molecule has 3 nitrogen and oxygen atoms in total. The van der Waals surface area contributed by atoms with E-state index in [1.54, 1.807) is 17.5 Å². The number of hydrogen-bond donors (Lipinski definition) is 1. The zero-order valence-electron chi connectivity index (χ0n) is 8.37. The van der Waals surface area contributed by atoms with Crippen molar-refractivity contribution >= 4 is 32.5 Å². The van der Waals surface area contributed by atoms with Gasteiger partial charge in [-0.3, -0.25) is 0 Å². The SMILES string of the molecule is NC[C@@H](c1cccs1)S(=O)(=O)c1cccs1. The third-order valence-electron chi connectivity index (χ3n) is 2.22. The summed E-state index contributed by atoms with van der Waals surface area (Å²) in [5, 5.41) is 3.00. The van der Waals surface area contributed by atoms with Crippen LogP contribution in [0, 0.1) is 0 Å². The molecule has 2 N–H and O–H groups in total. The maximum Gasteiger partial charge on any atom is 0.196 e. The summed E-state index contributed by atoms with van der Waals surface area (Å²) in [4.78, 5) is 0.802. The predicted octanol–water partition coefficient (Wildman–Crippen LogP) is 2.28. The topological polar surface area (TPSA) is 60.2 Å². The standard InChI is InChI=1S/C10H11NO2S3/c11-7-9(8-3-1-5-14-8)16(12,13)10-4-2-6-15-10/h1-6,9H,7,11H2/t9-/m0/s1. The Hall–Kier alpha value is -0.690. The number of rotatable bonds is 4. The lowest BCUT2D eigenvalue weighted by atomic mass is 10.3. The van der Waals surface area contributed by atoms with Gasteiger partial charge in [-0.05, 0) is 22.9 Å². The van der Waals surface area contributed by atoms with Crippen molar-refractivity contribution in [1.82, 2.24) is 0 Å². The molecular weight excluding hydrogens is 262 g/mol. The first kappa shape index (κ1) is 11.8. The van der Waals surface area contributed by atoms with Crippen molar-refractivity contribution in [2.75, 3.05) is 6.54 Å². The summed E-state index contributed by atoms with van der Waals surface area (Å²) in [5.74, 6) is 0. The fourth-order valence-corrected chi connectivity index (χ4v) is 5.39. The molecule has 0 fully saturated rings. The third-order valence-corrected chi connectivity index (χ3v) is 6.90. The Morgan fingerprint density at radius 3 is 2.38 bits per heavy atom. The second-order valence-electron chi connectivity index (χ2n) is 3.22. The van der Waals surface area contributed by atoms with E-state index >= 15 is 0 Å². The lowest BCUT2D eigenvalue weighted by Gasteiger charge is -2.12. The van der Waals surface area contributed by atoms with Gasteiger partial charge in [-0.15, -0.1) is 22.7 Å². The van der Waals surface area contributed by atoms with E-state index in [2.05, 4.69) is 0 Å². The molecule has 0 aliphatic heterocycles. The van der Waals surface area contributed by atoms with Crippen LogP contribution < -0.4 is 5.73 Å². The molecule has 0 unspecified atom stereocenters. The van der Waals surface area contributed by atoms with Crippen LogP contribution in [0.15, 0.2) is 39.2 Å². The Labute approximate surface area is 102 Å². The van der Waals surface area contributed by atoms with Gasteiger partial charge in [0, 0.05) is 11.4 Å². The van der Waals surface area contributed by atoms with Gasteiger partial charge in [0.05, 0.1) is 0 Å². The Morgan fingerprint density at radius 2 is 1.88 bits per heavy atom. The first-order valence-electron chi connectivity index (χ1n) is 4.67. The Balaban J connectivity index is 2.43. The average Bonchev–Trinajstić information content (AvgIpc) is 2.91. The molecule has 6 heteroatoms. The van der Waals surface area contributed by atoms with E-state index in [1.165, 1.54) is 22.7 Å². The van der Waals surface area contributed by atoms with E-state index in [1.807, 2.05) is 17.5 Å². The second kappa shape index (κ2) is 4.67. The minimum absolute atomic E-state index is 0.112. The molecule has 2 rings (SSSR count). The summed E-state index contributed by atoms with van der Waals surface area (Å²) in [7, 11) is -3.33. The van der Waals surface area contributed by atoms with Crippen LogP contribution >= 0.6 is 22.7 Å². The Kier molecular flexibility index (Phi) is 3.44. The smallest absolute Gasteiger partial charge is 0.196 e. The van der Waals surface area contributed by atoms with Gasteiger partial charge in [0.25, 0.3) is 0 Å². The van der Waals surface area contributed by atoms with Crippen molar-refractivity contribution in [3.05, 3.63) is 39.9 Å². The zero-order chi connectivity index (χ0) is 11.6. The number of hydrogen-bond acceptors (Lipinski definition) is 5. The maximum atomic E-state index is 12.3. The zero-order valence-corrected chi connectivity index (χ0v) is 10.8. The summed E-state index contributed by atoms with van der Waals surface area (Å²) in [5.41, 5.74) is 5.59. The fraction of sp³-hybridized carbons (Fsp3) is 0.200. The molecule has 2 aromatic rings. The first-order valence-corrected chi connectivity index (χ1v) is 7.97. The first-order chi connectivity index (χ1) is 7.66. The summed E-state index contributed by atoms with van der Waals surface area (Å²) in [6.07, 6.45) is 0. The van der Waals surface area contributed by atoms with Crippen molar-refractivity contribution in [1.29, 1.82) is 0 Å². The molecule has 0 amide bonds. The van der Waals surface area contributed by atoms with Crippen molar-refractivity contribution < 1.29 is 8.42 Å². The Morgan fingerprint density at radius 1 is 1.19 bits per heavy atom. The van der Waals surface area contributed by atoms with Gasteiger partial charge in [-0.2, -0.15) is 0 Å². The van der Waals surface area contributed by atoms with Crippen LogP contribution in [0.4, 0.5) is 0 Å². The maximum absolute atomic E-state index is 12.3. The van der Waals surface area contributed by atoms with Crippen LogP contribution in [-0.4, -0.2) is 15.0 Å². The van der Waals surface area contributed by atoms with E-state index in [-0.39, 0.29) is 6.54 Å². The number of thiophene rings is 2. The normalized spacial score (nSPS) is 13.8. The molecule has 1 atom stereocenters. The van der Waals surface area contributed by atoms with E-state index < -0.39 is 15.1 Å². The van der Waals surface area contributed by atoms with Gasteiger partial charge in [0.2, 0.25) is 0 Å². The number of nitrogens with two attached hydrogens (primary N) is 1. The van der Waals surface area contributed by atoms with Crippen LogP contribution in [0.2, 0.25) is 0 Å². The van der Waals surface area contributed by atoms with Crippen LogP contribution in [0.1, 0.15) is 10.1 Å². The highest BCUT2D eigenvalue weighted by atomic mass is 32.2. The van der Waals surface area contributed by atoms with Crippen LogP contribution in [0.3, 0.4) is 0 Å².